The van der Waals surface area contributed by atoms with Gasteiger partial charge in [-0.15, -0.1) is 0 Å². The van der Waals surface area contributed by atoms with Gasteiger partial charge in [0, 0.05) is 18.1 Å². The van der Waals surface area contributed by atoms with Crippen LogP contribution in [0.5, 0.6) is 5.75 Å². The first-order valence-corrected chi connectivity index (χ1v) is 7.46. The Kier molecular flexibility index (Phi) is 3.88. The van der Waals surface area contributed by atoms with Crippen LogP contribution in [0.25, 0.3) is 10.9 Å². The highest BCUT2D eigenvalue weighted by molar-refractivity contribution is 5.85. The third-order valence-electron chi connectivity index (χ3n) is 4.11. The van der Waals surface area contributed by atoms with Crippen LogP contribution in [0.2, 0.25) is 0 Å². The van der Waals surface area contributed by atoms with Gasteiger partial charge in [0.25, 0.3) is 0 Å². The highest BCUT2D eigenvalue weighted by Gasteiger charge is 2.19. The summed E-state index contributed by atoms with van der Waals surface area (Å²) in [5.41, 5.74) is 2.30. The summed E-state index contributed by atoms with van der Waals surface area (Å²) in [5, 5.41) is 5.53. The Morgan fingerprint density at radius 3 is 3.05 bits per heavy atom. The minimum Gasteiger partial charge on any atom is -0.487 e. The molecule has 0 spiro atoms. The molecule has 1 saturated heterocycles. The second-order valence-corrected chi connectivity index (χ2v) is 5.56. The predicted molar refractivity (Wildman–Crippen MR) is 81.4 cm³/mol. The van der Waals surface area contributed by atoms with E-state index in [1.165, 1.54) is 5.56 Å². The maximum Gasteiger partial charge on any atom is 0.146 e. The summed E-state index contributed by atoms with van der Waals surface area (Å²) in [6, 6.07) is 8.50. The van der Waals surface area contributed by atoms with Gasteiger partial charge in [0.15, 0.2) is 0 Å². The van der Waals surface area contributed by atoms with E-state index in [0.29, 0.717) is 5.92 Å². The zero-order valence-corrected chi connectivity index (χ0v) is 12.2. The lowest BCUT2D eigenvalue weighted by Gasteiger charge is -2.17. The standard InChI is InChI=1S/C17H21N2O/c1-3-12(2)14-9-13-5-4-7-19-17(13)16(10-14)20-15-6-8-18-11-15/h4-5,7,9-10,12,15H,3,6,8,11H2,1-2H3/t12?,15-/m1/s1. The molecule has 1 unspecified atom stereocenters. The van der Waals surface area contributed by atoms with Crippen molar-refractivity contribution in [3.05, 3.63) is 36.0 Å². The van der Waals surface area contributed by atoms with Crippen LogP contribution in [0, 0.1) is 0 Å². The van der Waals surface area contributed by atoms with Crippen molar-refractivity contribution in [2.75, 3.05) is 13.1 Å². The molecule has 2 aromatic rings. The first-order valence-electron chi connectivity index (χ1n) is 7.46. The van der Waals surface area contributed by atoms with Gasteiger partial charge in [-0.2, -0.15) is 0 Å². The predicted octanol–water partition coefficient (Wildman–Crippen LogP) is 3.50. The van der Waals surface area contributed by atoms with Crippen LogP contribution in [0.1, 0.15) is 38.2 Å². The molecule has 105 valence electrons. The van der Waals surface area contributed by atoms with Crippen LogP contribution in [-0.4, -0.2) is 24.2 Å². The molecule has 1 aliphatic rings. The molecule has 0 aliphatic carbocycles. The highest BCUT2D eigenvalue weighted by Crippen LogP contribution is 2.31. The Morgan fingerprint density at radius 1 is 1.40 bits per heavy atom. The normalized spacial score (nSPS) is 20.2. The lowest BCUT2D eigenvalue weighted by Crippen LogP contribution is -2.17. The van der Waals surface area contributed by atoms with Crippen molar-refractivity contribution in [2.24, 2.45) is 0 Å². The third kappa shape index (κ3) is 2.63. The molecule has 3 heteroatoms. The van der Waals surface area contributed by atoms with Gasteiger partial charge in [-0.25, -0.2) is 5.32 Å². The minimum absolute atomic E-state index is 0.215. The van der Waals surface area contributed by atoms with Crippen LogP contribution < -0.4 is 10.1 Å². The van der Waals surface area contributed by atoms with E-state index >= 15 is 0 Å². The van der Waals surface area contributed by atoms with Gasteiger partial charge < -0.3 is 4.74 Å². The van der Waals surface area contributed by atoms with Gasteiger partial charge in [0.05, 0.1) is 6.54 Å². The Morgan fingerprint density at radius 2 is 2.30 bits per heavy atom. The zero-order chi connectivity index (χ0) is 13.9. The van der Waals surface area contributed by atoms with Gasteiger partial charge >= 0.3 is 0 Å². The van der Waals surface area contributed by atoms with Crippen molar-refractivity contribution in [2.45, 2.75) is 38.7 Å². The van der Waals surface area contributed by atoms with E-state index in [4.69, 9.17) is 4.74 Å². The minimum atomic E-state index is 0.215. The Bertz CT molecular complexity index is 591. The molecule has 1 aromatic heterocycles. The largest absolute Gasteiger partial charge is 0.487 e. The second kappa shape index (κ2) is 5.80. The maximum atomic E-state index is 6.17. The van der Waals surface area contributed by atoms with E-state index in [9.17, 15) is 0 Å². The highest BCUT2D eigenvalue weighted by atomic mass is 16.5. The van der Waals surface area contributed by atoms with Crippen molar-refractivity contribution < 1.29 is 4.74 Å². The van der Waals surface area contributed by atoms with Gasteiger partial charge in [0.2, 0.25) is 0 Å². The van der Waals surface area contributed by atoms with E-state index in [2.05, 4.69) is 42.3 Å². The smallest absolute Gasteiger partial charge is 0.146 e. The lowest BCUT2D eigenvalue weighted by molar-refractivity contribution is 0.225. The van der Waals surface area contributed by atoms with Gasteiger partial charge in [-0.05, 0) is 42.5 Å². The average molecular weight is 269 g/mol. The molecule has 1 aromatic carbocycles. The maximum absolute atomic E-state index is 6.17. The Hall–Kier alpha value is -1.61. The molecule has 1 aliphatic heterocycles. The van der Waals surface area contributed by atoms with Crippen molar-refractivity contribution in [1.82, 2.24) is 10.3 Å². The monoisotopic (exact) mass is 269 g/mol. The SMILES string of the molecule is CCC(C)c1cc(O[C@@H]2CC[N]C2)c2ncccc2c1. The number of hydrogen-bond donors (Lipinski definition) is 0. The van der Waals surface area contributed by atoms with E-state index < -0.39 is 0 Å². The first kappa shape index (κ1) is 13.4. The second-order valence-electron chi connectivity index (χ2n) is 5.56. The quantitative estimate of drug-likeness (QED) is 0.851. The van der Waals surface area contributed by atoms with Crippen LogP contribution in [-0.2, 0) is 0 Å². The van der Waals surface area contributed by atoms with Gasteiger partial charge in [-0.3, -0.25) is 4.98 Å². The molecule has 1 radical (unpaired) electrons. The molecule has 3 rings (SSSR count). The van der Waals surface area contributed by atoms with Crippen LogP contribution in [0.3, 0.4) is 0 Å². The van der Waals surface area contributed by atoms with Gasteiger partial charge in [-0.1, -0.05) is 19.9 Å². The van der Waals surface area contributed by atoms with E-state index in [1.807, 2.05) is 12.3 Å². The molecule has 0 N–H and O–H groups in total. The summed E-state index contributed by atoms with van der Waals surface area (Å²) in [5.74, 6) is 1.45. The fourth-order valence-electron chi connectivity index (χ4n) is 2.63. The fourth-order valence-corrected chi connectivity index (χ4v) is 2.63. The summed E-state index contributed by atoms with van der Waals surface area (Å²) in [6.07, 6.45) is 4.19. The molecule has 3 nitrogen and oxygen atoms in total. The van der Waals surface area contributed by atoms with E-state index in [-0.39, 0.29) is 6.10 Å². The summed E-state index contributed by atoms with van der Waals surface area (Å²) in [6.45, 7) is 6.20. The van der Waals surface area contributed by atoms with E-state index in [0.717, 1.165) is 42.6 Å². The number of nitrogens with zero attached hydrogens (tertiary/aromatic N) is 2. The van der Waals surface area contributed by atoms with E-state index in [1.54, 1.807) is 0 Å². The topological polar surface area (TPSA) is 36.2 Å². The number of pyridine rings is 1. The van der Waals surface area contributed by atoms with Crippen LogP contribution >= 0.6 is 0 Å². The summed E-state index contributed by atoms with van der Waals surface area (Å²) >= 11 is 0. The van der Waals surface area contributed by atoms with Crippen molar-refractivity contribution >= 4 is 10.9 Å². The fraction of sp³-hybridized carbons (Fsp3) is 0.471. The number of benzene rings is 1. The molecule has 1 fully saturated rings. The van der Waals surface area contributed by atoms with Crippen LogP contribution in [0.4, 0.5) is 0 Å². The summed E-state index contributed by atoms with van der Waals surface area (Å²) < 4.78 is 6.17. The van der Waals surface area contributed by atoms with Crippen molar-refractivity contribution in [3.63, 3.8) is 0 Å². The van der Waals surface area contributed by atoms with Gasteiger partial charge in [0.1, 0.15) is 17.4 Å². The molecule has 0 amide bonds. The Balaban J connectivity index is 2.02. The number of ether oxygens (including phenoxy) is 1. The molecular weight excluding hydrogens is 248 g/mol. The third-order valence-corrected chi connectivity index (χ3v) is 4.11. The molecule has 0 bridgehead atoms. The molecule has 2 heterocycles. The average Bonchev–Trinajstić information content (AvgIpc) is 2.99. The van der Waals surface area contributed by atoms with Crippen molar-refractivity contribution in [1.29, 1.82) is 0 Å². The van der Waals surface area contributed by atoms with Crippen molar-refractivity contribution in [3.8, 4) is 5.75 Å². The first-order chi connectivity index (χ1) is 9.78. The molecule has 0 saturated carbocycles. The number of rotatable bonds is 4. The van der Waals surface area contributed by atoms with Crippen LogP contribution in [0.15, 0.2) is 30.5 Å². The molecular formula is C17H21N2O. The Labute approximate surface area is 120 Å². The summed E-state index contributed by atoms with van der Waals surface area (Å²) in [7, 11) is 0. The molecule has 2 atom stereocenters. The number of aromatic nitrogens is 1. The lowest BCUT2D eigenvalue weighted by atomic mass is 9.96. The number of hydrogen-bond acceptors (Lipinski definition) is 2. The number of fused-ring (bicyclic) bond motifs is 1. The summed E-state index contributed by atoms with van der Waals surface area (Å²) in [4.78, 5) is 4.49. The molecule has 20 heavy (non-hydrogen) atoms. The zero-order valence-electron chi connectivity index (χ0n) is 12.2.